The summed E-state index contributed by atoms with van der Waals surface area (Å²) in [5, 5.41) is 0.0368. The third-order valence-electron chi connectivity index (χ3n) is 2.77. The third-order valence-corrected chi connectivity index (χ3v) is 2.94. The van der Waals surface area contributed by atoms with Crippen LogP contribution in [0.2, 0.25) is 5.28 Å². The van der Waals surface area contributed by atoms with E-state index in [2.05, 4.69) is 35.7 Å². The van der Waals surface area contributed by atoms with E-state index in [0.717, 1.165) is 0 Å². The Bertz CT molecular complexity index is 609. The van der Waals surface area contributed by atoms with Crippen molar-refractivity contribution in [2.75, 3.05) is 6.61 Å². The van der Waals surface area contributed by atoms with Gasteiger partial charge in [0.25, 0.3) is 0 Å². The Balaban J connectivity index is 2.18. The molecule has 6 heteroatoms. The molecule has 5 nitrogen and oxygen atoms in total. The Morgan fingerprint density at radius 3 is 2.19 bits per heavy atom. The maximum atomic E-state index is 5.81. The first kappa shape index (κ1) is 15.5. The van der Waals surface area contributed by atoms with Gasteiger partial charge in [-0.2, -0.15) is 9.97 Å². The van der Waals surface area contributed by atoms with Crippen molar-refractivity contribution in [1.82, 2.24) is 15.0 Å². The average molecular weight is 308 g/mol. The van der Waals surface area contributed by atoms with Gasteiger partial charge >= 0.3 is 12.0 Å². The fourth-order valence-corrected chi connectivity index (χ4v) is 1.83. The predicted molar refractivity (Wildman–Crippen MR) is 81.2 cm³/mol. The van der Waals surface area contributed by atoms with Crippen LogP contribution >= 0.6 is 11.6 Å². The molecule has 1 aromatic carbocycles. The van der Waals surface area contributed by atoms with Crippen LogP contribution in [0, 0.1) is 0 Å². The third kappa shape index (κ3) is 4.29. The number of ether oxygens (including phenoxy) is 2. The van der Waals surface area contributed by atoms with Crippen molar-refractivity contribution < 1.29 is 9.47 Å². The summed E-state index contributed by atoms with van der Waals surface area (Å²) in [5.41, 5.74) is 1.32. The molecule has 0 aliphatic rings. The topological polar surface area (TPSA) is 57.1 Å². The quantitative estimate of drug-likeness (QED) is 0.854. The Morgan fingerprint density at radius 2 is 1.62 bits per heavy atom. The van der Waals surface area contributed by atoms with Gasteiger partial charge in [0.2, 0.25) is 5.28 Å². The van der Waals surface area contributed by atoms with Crippen LogP contribution in [0.5, 0.6) is 17.8 Å². The number of aromatic nitrogens is 3. The van der Waals surface area contributed by atoms with Crippen LogP contribution in [-0.4, -0.2) is 21.6 Å². The summed E-state index contributed by atoms with van der Waals surface area (Å²) < 4.78 is 10.8. The molecule has 0 unspecified atom stereocenters. The van der Waals surface area contributed by atoms with Crippen LogP contribution in [0.4, 0.5) is 0 Å². The van der Waals surface area contributed by atoms with E-state index in [0.29, 0.717) is 12.4 Å². The number of rotatable bonds is 4. The zero-order valence-electron chi connectivity index (χ0n) is 12.6. The molecule has 112 valence electrons. The van der Waals surface area contributed by atoms with E-state index >= 15 is 0 Å². The smallest absolute Gasteiger partial charge is 0.329 e. The molecule has 0 bridgehead atoms. The first-order valence-corrected chi connectivity index (χ1v) is 7.09. The van der Waals surface area contributed by atoms with E-state index in [-0.39, 0.29) is 22.7 Å². The van der Waals surface area contributed by atoms with Crippen LogP contribution in [0.25, 0.3) is 0 Å². The fraction of sp³-hybridized carbons (Fsp3) is 0.400. The van der Waals surface area contributed by atoms with Crippen molar-refractivity contribution >= 4 is 11.6 Å². The molecule has 1 aromatic heterocycles. The summed E-state index contributed by atoms with van der Waals surface area (Å²) in [7, 11) is 0. The van der Waals surface area contributed by atoms with Crippen molar-refractivity contribution in [2.24, 2.45) is 0 Å². The van der Waals surface area contributed by atoms with Crippen LogP contribution in [0.15, 0.2) is 24.3 Å². The van der Waals surface area contributed by atoms with Gasteiger partial charge in [-0.05, 0) is 41.6 Å². The zero-order chi connectivity index (χ0) is 15.5. The highest BCUT2D eigenvalue weighted by Gasteiger charge is 2.14. The summed E-state index contributed by atoms with van der Waals surface area (Å²) in [6, 6.07) is 8.04. The van der Waals surface area contributed by atoms with E-state index in [9.17, 15) is 0 Å². The molecule has 0 spiro atoms. The van der Waals surface area contributed by atoms with Crippen molar-refractivity contribution in [3.63, 3.8) is 0 Å². The summed E-state index contributed by atoms with van der Waals surface area (Å²) in [4.78, 5) is 11.8. The highest BCUT2D eigenvalue weighted by molar-refractivity contribution is 6.28. The Morgan fingerprint density at radius 1 is 1.00 bits per heavy atom. The van der Waals surface area contributed by atoms with Gasteiger partial charge in [0.15, 0.2) is 0 Å². The van der Waals surface area contributed by atoms with E-state index in [1.54, 1.807) is 0 Å². The average Bonchev–Trinajstić information content (AvgIpc) is 2.38. The maximum Gasteiger partial charge on any atom is 0.329 e. The molecule has 0 radical (unpaired) electrons. The van der Waals surface area contributed by atoms with E-state index in [1.165, 1.54) is 5.56 Å². The normalized spacial score (nSPS) is 11.3. The monoisotopic (exact) mass is 307 g/mol. The maximum absolute atomic E-state index is 5.81. The van der Waals surface area contributed by atoms with Gasteiger partial charge in [-0.15, -0.1) is 4.98 Å². The molecular formula is C15H18ClN3O2. The van der Waals surface area contributed by atoms with Gasteiger partial charge in [0, 0.05) is 0 Å². The fourth-order valence-electron chi connectivity index (χ4n) is 1.68. The van der Waals surface area contributed by atoms with Crippen molar-refractivity contribution in [3.8, 4) is 17.8 Å². The summed E-state index contributed by atoms with van der Waals surface area (Å²) >= 11 is 5.81. The SMILES string of the molecule is CCOc1nc(Cl)nc(Oc2ccc(C(C)(C)C)cc2)n1. The van der Waals surface area contributed by atoms with Crippen LogP contribution in [0.1, 0.15) is 33.3 Å². The number of halogens is 1. The minimum absolute atomic E-state index is 0.0368. The summed E-state index contributed by atoms with van der Waals surface area (Å²) in [6.07, 6.45) is 0. The van der Waals surface area contributed by atoms with Gasteiger partial charge in [0.1, 0.15) is 5.75 Å². The van der Waals surface area contributed by atoms with E-state index in [1.807, 2.05) is 31.2 Å². The highest BCUT2D eigenvalue weighted by atomic mass is 35.5. The molecule has 0 aliphatic heterocycles. The predicted octanol–water partition coefficient (Wildman–Crippen LogP) is 4.01. The number of hydrogen-bond acceptors (Lipinski definition) is 5. The van der Waals surface area contributed by atoms with Crippen molar-refractivity contribution in [1.29, 1.82) is 0 Å². The van der Waals surface area contributed by atoms with Gasteiger partial charge in [-0.25, -0.2) is 0 Å². The minimum Gasteiger partial charge on any atom is -0.464 e. The van der Waals surface area contributed by atoms with E-state index in [4.69, 9.17) is 21.1 Å². The lowest BCUT2D eigenvalue weighted by Crippen LogP contribution is -2.10. The van der Waals surface area contributed by atoms with Gasteiger partial charge in [0.05, 0.1) is 6.61 Å². The second-order valence-electron chi connectivity index (χ2n) is 5.48. The molecule has 0 N–H and O–H groups in total. The number of nitrogens with zero attached hydrogens (tertiary/aromatic N) is 3. The highest BCUT2D eigenvalue weighted by Crippen LogP contribution is 2.26. The molecule has 0 amide bonds. The lowest BCUT2D eigenvalue weighted by atomic mass is 9.87. The molecule has 0 saturated heterocycles. The first-order chi connectivity index (χ1) is 9.88. The Labute approximate surface area is 129 Å². The first-order valence-electron chi connectivity index (χ1n) is 6.71. The largest absolute Gasteiger partial charge is 0.464 e. The van der Waals surface area contributed by atoms with Crippen LogP contribution < -0.4 is 9.47 Å². The number of hydrogen-bond donors (Lipinski definition) is 0. The molecule has 2 aromatic rings. The van der Waals surface area contributed by atoms with Crippen molar-refractivity contribution in [2.45, 2.75) is 33.1 Å². The molecule has 2 rings (SSSR count). The van der Waals surface area contributed by atoms with Crippen LogP contribution in [-0.2, 0) is 5.41 Å². The van der Waals surface area contributed by atoms with Gasteiger partial charge in [-0.3, -0.25) is 0 Å². The molecule has 0 atom stereocenters. The minimum atomic E-state index is 0.0368. The lowest BCUT2D eigenvalue weighted by molar-refractivity contribution is 0.303. The Hall–Kier alpha value is -1.88. The number of benzene rings is 1. The molecule has 1 heterocycles. The molecule has 0 fully saturated rings. The lowest BCUT2D eigenvalue weighted by Gasteiger charge is -2.18. The van der Waals surface area contributed by atoms with Gasteiger partial charge < -0.3 is 9.47 Å². The second kappa shape index (κ2) is 6.26. The standard InChI is InChI=1S/C15H18ClN3O2/c1-5-20-13-17-12(16)18-14(19-13)21-11-8-6-10(7-9-11)15(2,3)4/h6-9H,5H2,1-4H3. The molecular weight excluding hydrogens is 290 g/mol. The van der Waals surface area contributed by atoms with Gasteiger partial charge in [-0.1, -0.05) is 32.9 Å². The summed E-state index contributed by atoms with van der Waals surface area (Å²) in [6.45, 7) is 8.75. The van der Waals surface area contributed by atoms with Crippen molar-refractivity contribution in [3.05, 3.63) is 35.1 Å². The molecule has 21 heavy (non-hydrogen) atoms. The summed E-state index contributed by atoms with van der Waals surface area (Å²) in [5.74, 6) is 0.632. The van der Waals surface area contributed by atoms with E-state index < -0.39 is 0 Å². The molecule has 0 aliphatic carbocycles. The Kier molecular flexibility index (Phi) is 4.63. The molecule has 0 saturated carbocycles. The zero-order valence-corrected chi connectivity index (χ0v) is 13.3. The van der Waals surface area contributed by atoms with Crippen LogP contribution in [0.3, 0.4) is 0 Å². The second-order valence-corrected chi connectivity index (χ2v) is 5.82.